The molecule has 3 atom stereocenters. The maximum absolute atomic E-state index is 13.5. The van der Waals surface area contributed by atoms with Gasteiger partial charge in [0, 0.05) is 24.7 Å². The van der Waals surface area contributed by atoms with Crippen LogP contribution in [-0.2, 0) is 4.84 Å². The molecule has 0 spiro atoms. The van der Waals surface area contributed by atoms with Crippen molar-refractivity contribution in [3.05, 3.63) is 30.1 Å². The first kappa shape index (κ1) is 18.2. The fourth-order valence-electron chi connectivity index (χ4n) is 2.79. The van der Waals surface area contributed by atoms with Crippen LogP contribution in [0.25, 0.3) is 0 Å². The van der Waals surface area contributed by atoms with Gasteiger partial charge in [0.15, 0.2) is 6.17 Å². The van der Waals surface area contributed by atoms with Gasteiger partial charge in [-0.15, -0.1) is 0 Å². The number of oxime groups is 1. The van der Waals surface area contributed by atoms with E-state index in [2.05, 4.69) is 27.7 Å². The van der Waals surface area contributed by atoms with Gasteiger partial charge in [0.2, 0.25) is 11.9 Å². The quantitative estimate of drug-likeness (QED) is 0.869. The summed E-state index contributed by atoms with van der Waals surface area (Å²) in [5, 5.41) is 10.5. The number of halogens is 1. The number of rotatable bonds is 3. The van der Waals surface area contributed by atoms with Crippen LogP contribution in [0, 0.1) is 11.7 Å². The monoisotopic (exact) mass is 360 g/mol. The lowest BCUT2D eigenvalue weighted by Crippen LogP contribution is -2.57. The van der Waals surface area contributed by atoms with Crippen molar-refractivity contribution in [2.75, 3.05) is 12.4 Å². The topological polar surface area (TPSA) is 73.6 Å². The molecule has 2 heterocycles. The van der Waals surface area contributed by atoms with Gasteiger partial charge in [0.25, 0.3) is 0 Å². The van der Waals surface area contributed by atoms with E-state index in [-0.39, 0.29) is 30.0 Å². The third kappa shape index (κ3) is 3.79. The van der Waals surface area contributed by atoms with E-state index in [1.54, 1.807) is 12.1 Å². The molecule has 3 rings (SSSR count). The van der Waals surface area contributed by atoms with E-state index >= 15 is 0 Å². The summed E-state index contributed by atoms with van der Waals surface area (Å²) < 4.78 is 13.5. The molecule has 7 nitrogen and oxygen atoms in total. The summed E-state index contributed by atoms with van der Waals surface area (Å²) >= 11 is 0. The molecule has 0 saturated heterocycles. The summed E-state index contributed by atoms with van der Waals surface area (Å²) in [4.78, 5) is 16.7. The molecule has 0 amide bonds. The number of nitrogens with zero attached hydrogens (tertiary/aromatic N) is 4. The van der Waals surface area contributed by atoms with Gasteiger partial charge in [-0.3, -0.25) is 5.32 Å². The normalized spacial score (nSPS) is 27.1. The molecule has 0 bridgehead atoms. The van der Waals surface area contributed by atoms with Gasteiger partial charge in [0.05, 0.1) is 0 Å². The number of aliphatic imine (C=N–C) groups is 2. The van der Waals surface area contributed by atoms with E-state index in [9.17, 15) is 4.39 Å². The van der Waals surface area contributed by atoms with Crippen molar-refractivity contribution in [2.45, 2.75) is 46.0 Å². The number of nitrogens with one attached hydrogen (secondary N) is 2. The Morgan fingerprint density at radius 2 is 2.12 bits per heavy atom. The third-order valence-corrected chi connectivity index (χ3v) is 4.41. The van der Waals surface area contributed by atoms with Gasteiger partial charge in [-0.2, -0.15) is 0 Å². The summed E-state index contributed by atoms with van der Waals surface area (Å²) in [5.41, 5.74) is 1.45. The molecule has 8 heteroatoms. The number of benzene rings is 1. The Morgan fingerprint density at radius 1 is 1.35 bits per heavy atom. The first-order valence-corrected chi connectivity index (χ1v) is 8.76. The van der Waals surface area contributed by atoms with Gasteiger partial charge in [-0.05, 0) is 39.0 Å². The van der Waals surface area contributed by atoms with Crippen molar-refractivity contribution in [1.82, 2.24) is 10.2 Å². The molecule has 1 aromatic rings. The molecule has 3 unspecified atom stereocenters. The molecule has 0 saturated carbocycles. The van der Waals surface area contributed by atoms with Gasteiger partial charge < -0.3 is 15.1 Å². The molecule has 26 heavy (non-hydrogen) atoms. The van der Waals surface area contributed by atoms with Gasteiger partial charge in [0.1, 0.15) is 17.6 Å². The molecular formula is C18H25FN6O. The highest BCUT2D eigenvalue weighted by Crippen LogP contribution is 2.24. The lowest BCUT2D eigenvalue weighted by atomic mass is 9.98. The Kier molecular flexibility index (Phi) is 5.11. The summed E-state index contributed by atoms with van der Waals surface area (Å²) in [5.74, 6) is 0.994. The minimum Gasteiger partial charge on any atom is -0.392 e. The highest BCUT2D eigenvalue weighted by molar-refractivity contribution is 6.10. The molecule has 0 aromatic heterocycles. The van der Waals surface area contributed by atoms with Crippen LogP contribution in [0.4, 0.5) is 10.1 Å². The number of hydrogen-bond donors (Lipinski definition) is 2. The van der Waals surface area contributed by atoms with Crippen LogP contribution in [0.15, 0.2) is 39.4 Å². The average Bonchev–Trinajstić information content (AvgIpc) is 2.89. The fourth-order valence-corrected chi connectivity index (χ4v) is 2.79. The molecule has 0 aliphatic carbocycles. The van der Waals surface area contributed by atoms with E-state index in [1.165, 1.54) is 12.1 Å². The number of anilines is 1. The zero-order valence-electron chi connectivity index (χ0n) is 15.7. The largest absolute Gasteiger partial charge is 0.392 e. The lowest BCUT2D eigenvalue weighted by molar-refractivity contribution is 0.0799. The van der Waals surface area contributed by atoms with Crippen LogP contribution in [0.3, 0.4) is 0 Å². The lowest BCUT2D eigenvalue weighted by Gasteiger charge is -2.34. The van der Waals surface area contributed by atoms with Crippen LogP contribution in [0.5, 0.6) is 0 Å². The van der Waals surface area contributed by atoms with Crippen LogP contribution >= 0.6 is 0 Å². The van der Waals surface area contributed by atoms with Gasteiger partial charge in [-0.25, -0.2) is 14.4 Å². The van der Waals surface area contributed by atoms with E-state index in [0.29, 0.717) is 17.6 Å². The van der Waals surface area contributed by atoms with E-state index in [1.807, 2.05) is 32.7 Å². The Balaban J connectivity index is 1.93. The molecule has 0 radical (unpaired) electrons. The average molecular weight is 360 g/mol. The molecule has 2 N–H and O–H groups in total. The molecule has 2 aliphatic heterocycles. The molecule has 140 valence electrons. The second-order valence-corrected chi connectivity index (χ2v) is 6.88. The van der Waals surface area contributed by atoms with Crippen molar-refractivity contribution in [3.63, 3.8) is 0 Å². The van der Waals surface area contributed by atoms with E-state index < -0.39 is 0 Å². The predicted octanol–water partition coefficient (Wildman–Crippen LogP) is 2.63. The highest BCUT2D eigenvalue weighted by Gasteiger charge is 2.37. The SMILES string of the molecule is CC(C)N=C1NC(Nc2cccc(F)c2)=NC(C2=NOC(C)C2C)N1C. The minimum atomic E-state index is -0.343. The van der Waals surface area contributed by atoms with Crippen LogP contribution in [0.2, 0.25) is 0 Å². The van der Waals surface area contributed by atoms with Crippen molar-refractivity contribution in [1.29, 1.82) is 0 Å². The summed E-state index contributed by atoms with van der Waals surface area (Å²) in [6.07, 6.45) is -0.335. The molecule has 2 aliphatic rings. The molecule has 0 fully saturated rings. The Hall–Kier alpha value is -2.64. The van der Waals surface area contributed by atoms with Crippen molar-refractivity contribution < 1.29 is 9.23 Å². The smallest absolute Gasteiger partial charge is 0.205 e. The number of guanidine groups is 2. The Bertz CT molecular complexity index is 760. The maximum Gasteiger partial charge on any atom is 0.205 e. The Morgan fingerprint density at radius 3 is 2.73 bits per heavy atom. The standard InChI is InChI=1S/C18H25FN6O/c1-10(2)20-18-23-17(21-14-8-6-7-13(19)9-14)22-16(25(18)5)15-11(3)12(4)26-24-15/h6-12,16H,1-5H3,(H2,20,21,22,23). The Labute approximate surface area is 153 Å². The third-order valence-electron chi connectivity index (χ3n) is 4.41. The van der Waals surface area contributed by atoms with E-state index in [0.717, 1.165) is 5.71 Å². The first-order valence-electron chi connectivity index (χ1n) is 8.76. The van der Waals surface area contributed by atoms with Crippen molar-refractivity contribution in [2.24, 2.45) is 21.1 Å². The first-order chi connectivity index (χ1) is 12.3. The zero-order chi connectivity index (χ0) is 18.8. The second-order valence-electron chi connectivity index (χ2n) is 6.88. The highest BCUT2D eigenvalue weighted by atomic mass is 19.1. The predicted molar refractivity (Wildman–Crippen MR) is 102 cm³/mol. The number of hydrogen-bond acceptors (Lipinski definition) is 5. The summed E-state index contributed by atoms with van der Waals surface area (Å²) in [7, 11) is 1.92. The second kappa shape index (κ2) is 7.31. The van der Waals surface area contributed by atoms with Crippen LogP contribution < -0.4 is 10.6 Å². The van der Waals surface area contributed by atoms with Gasteiger partial charge >= 0.3 is 0 Å². The summed E-state index contributed by atoms with van der Waals surface area (Å²) in [6.45, 7) is 8.06. The zero-order valence-corrected chi connectivity index (χ0v) is 15.7. The van der Waals surface area contributed by atoms with Gasteiger partial charge in [-0.1, -0.05) is 18.1 Å². The summed E-state index contributed by atoms with van der Waals surface area (Å²) in [6, 6.07) is 6.34. The van der Waals surface area contributed by atoms with E-state index in [4.69, 9.17) is 9.83 Å². The maximum atomic E-state index is 13.5. The van der Waals surface area contributed by atoms with Crippen LogP contribution in [-0.4, -0.2) is 47.9 Å². The van der Waals surface area contributed by atoms with Crippen molar-refractivity contribution >= 4 is 23.3 Å². The molecular weight excluding hydrogens is 335 g/mol. The van der Waals surface area contributed by atoms with Crippen LogP contribution in [0.1, 0.15) is 27.7 Å². The van der Waals surface area contributed by atoms with Crippen molar-refractivity contribution in [3.8, 4) is 0 Å². The minimum absolute atomic E-state index is 0.00796. The fraction of sp³-hybridized carbons (Fsp3) is 0.500. The molecule has 1 aromatic carbocycles.